The Hall–Kier alpha value is -2.15. The van der Waals surface area contributed by atoms with Crippen LogP contribution in [0.15, 0.2) is 18.2 Å². The fraction of sp³-hybridized carbons (Fsp3) is 0.364. The van der Waals surface area contributed by atoms with Gasteiger partial charge in [0.2, 0.25) is 0 Å². The summed E-state index contributed by atoms with van der Waals surface area (Å²) in [5.74, 6) is -0.370. The van der Waals surface area contributed by atoms with Gasteiger partial charge in [-0.15, -0.1) is 0 Å². The number of carbonyl (C=O) groups is 1. The second kappa shape index (κ2) is 5.01. The number of nitrogens with zero attached hydrogens (tertiary/aromatic N) is 1. The summed E-state index contributed by atoms with van der Waals surface area (Å²) in [5, 5.41) is 16.6. The lowest BCUT2D eigenvalue weighted by Crippen LogP contribution is -2.36. The first-order valence-electron chi connectivity index (χ1n) is 5.64. The summed E-state index contributed by atoms with van der Waals surface area (Å²) in [6.07, 6.45) is 0.848. The number of nitrogens with one attached hydrogen (secondary N) is 2. The van der Waals surface area contributed by atoms with E-state index >= 15 is 0 Å². The largest absolute Gasteiger partial charge is 0.393 e. The van der Waals surface area contributed by atoms with Gasteiger partial charge in [0.05, 0.1) is 10.5 Å². The minimum atomic E-state index is -0.594. The highest BCUT2D eigenvalue weighted by atomic mass is 16.6. The predicted octanol–water partition coefficient (Wildman–Crippen LogP) is 0.269. The maximum absolute atomic E-state index is 12.0. The molecule has 0 aromatic heterocycles. The summed E-state index contributed by atoms with van der Waals surface area (Å²) in [6.45, 7) is 1.57. The zero-order chi connectivity index (χ0) is 13.1. The van der Waals surface area contributed by atoms with Crippen molar-refractivity contribution in [2.24, 2.45) is 0 Å². The highest BCUT2D eigenvalue weighted by Gasteiger charge is 2.22. The van der Waals surface area contributed by atoms with Crippen LogP contribution in [-0.4, -0.2) is 30.0 Å². The Balaban J connectivity index is 2.19. The van der Waals surface area contributed by atoms with E-state index in [0.29, 0.717) is 6.54 Å². The molecule has 2 rings (SSSR count). The zero-order valence-corrected chi connectivity index (χ0v) is 9.68. The fourth-order valence-electron chi connectivity index (χ4n) is 1.95. The third-order valence-corrected chi connectivity index (χ3v) is 2.92. The molecule has 1 saturated heterocycles. The van der Waals surface area contributed by atoms with Crippen molar-refractivity contribution >= 4 is 17.3 Å². The van der Waals surface area contributed by atoms with Crippen molar-refractivity contribution in [3.8, 4) is 0 Å². The van der Waals surface area contributed by atoms with Gasteiger partial charge in [0.1, 0.15) is 5.69 Å². The highest BCUT2D eigenvalue weighted by molar-refractivity contribution is 6.01. The molecular formula is C11H14N4O3. The van der Waals surface area contributed by atoms with Crippen molar-refractivity contribution in [3.05, 3.63) is 33.9 Å². The van der Waals surface area contributed by atoms with E-state index in [1.54, 1.807) is 0 Å². The number of nitrogen functional groups attached to an aromatic ring is 1. The first-order valence-corrected chi connectivity index (χ1v) is 5.64. The van der Waals surface area contributed by atoms with Crippen LogP contribution in [0, 0.1) is 10.1 Å². The van der Waals surface area contributed by atoms with Gasteiger partial charge in [0, 0.05) is 18.7 Å². The number of hydrogen-bond donors (Lipinski definition) is 3. The standard InChI is InChI=1S/C11H14N4O3/c12-10-8(2-1-3-9(10)15(17)18)11(16)14-7-4-5-13-6-7/h1-3,7,13H,4-6,12H2,(H,14,16). The summed E-state index contributed by atoms with van der Waals surface area (Å²) in [7, 11) is 0. The minimum absolute atomic E-state index is 0.0520. The molecular weight excluding hydrogens is 236 g/mol. The van der Waals surface area contributed by atoms with Crippen LogP contribution in [0.3, 0.4) is 0 Å². The fourth-order valence-corrected chi connectivity index (χ4v) is 1.95. The van der Waals surface area contributed by atoms with Gasteiger partial charge in [-0.05, 0) is 19.0 Å². The Kier molecular flexibility index (Phi) is 3.42. The molecule has 0 saturated carbocycles. The van der Waals surface area contributed by atoms with Crippen LogP contribution in [0.4, 0.5) is 11.4 Å². The summed E-state index contributed by atoms with van der Waals surface area (Å²) in [5.41, 5.74) is 5.46. The summed E-state index contributed by atoms with van der Waals surface area (Å²) in [6, 6.07) is 4.27. The number of hydrogen-bond acceptors (Lipinski definition) is 5. The predicted molar refractivity (Wildman–Crippen MR) is 66.2 cm³/mol. The van der Waals surface area contributed by atoms with Gasteiger partial charge in [-0.1, -0.05) is 6.07 Å². The number of nitro benzene ring substituents is 1. The molecule has 1 aliphatic rings. The van der Waals surface area contributed by atoms with Crippen molar-refractivity contribution in [2.45, 2.75) is 12.5 Å². The molecule has 96 valence electrons. The number of nitro groups is 1. The van der Waals surface area contributed by atoms with Gasteiger partial charge in [0.25, 0.3) is 11.6 Å². The number of rotatable bonds is 3. The summed E-state index contributed by atoms with van der Waals surface area (Å²) < 4.78 is 0. The van der Waals surface area contributed by atoms with Crippen molar-refractivity contribution in [2.75, 3.05) is 18.8 Å². The smallest absolute Gasteiger partial charge is 0.292 e. The Labute approximate surface area is 104 Å². The first-order chi connectivity index (χ1) is 8.59. The minimum Gasteiger partial charge on any atom is -0.393 e. The van der Waals surface area contributed by atoms with E-state index in [-0.39, 0.29) is 28.9 Å². The molecule has 1 fully saturated rings. The SMILES string of the molecule is Nc1c(C(=O)NC2CCNC2)cccc1[N+](=O)[O-]. The van der Waals surface area contributed by atoms with Crippen LogP contribution in [-0.2, 0) is 0 Å². The second-order valence-corrected chi connectivity index (χ2v) is 4.16. The molecule has 0 aliphatic carbocycles. The van der Waals surface area contributed by atoms with Crippen molar-refractivity contribution in [1.29, 1.82) is 0 Å². The molecule has 0 radical (unpaired) electrons. The molecule has 0 bridgehead atoms. The molecule has 18 heavy (non-hydrogen) atoms. The Bertz CT molecular complexity index is 483. The average Bonchev–Trinajstić information content (AvgIpc) is 2.81. The number of para-hydroxylation sites is 1. The van der Waals surface area contributed by atoms with E-state index < -0.39 is 4.92 Å². The highest BCUT2D eigenvalue weighted by Crippen LogP contribution is 2.24. The molecule has 7 nitrogen and oxygen atoms in total. The van der Waals surface area contributed by atoms with Gasteiger partial charge in [0.15, 0.2) is 0 Å². The van der Waals surface area contributed by atoms with Crippen LogP contribution >= 0.6 is 0 Å². The molecule has 1 aromatic rings. The van der Waals surface area contributed by atoms with Crippen molar-refractivity contribution in [3.63, 3.8) is 0 Å². The van der Waals surface area contributed by atoms with Crippen LogP contribution < -0.4 is 16.4 Å². The lowest BCUT2D eigenvalue weighted by atomic mass is 10.1. The molecule has 0 spiro atoms. The summed E-state index contributed by atoms with van der Waals surface area (Å²) >= 11 is 0. The first kappa shape index (κ1) is 12.3. The maximum atomic E-state index is 12.0. The van der Waals surface area contributed by atoms with Gasteiger partial charge in [-0.2, -0.15) is 0 Å². The van der Waals surface area contributed by atoms with Gasteiger partial charge in [-0.25, -0.2) is 0 Å². The molecule has 1 aromatic carbocycles. The molecule has 1 unspecified atom stereocenters. The number of carbonyl (C=O) groups excluding carboxylic acids is 1. The number of amides is 1. The van der Waals surface area contributed by atoms with E-state index in [4.69, 9.17) is 5.73 Å². The third-order valence-electron chi connectivity index (χ3n) is 2.92. The monoisotopic (exact) mass is 250 g/mol. The quantitative estimate of drug-likeness (QED) is 0.405. The molecule has 1 heterocycles. The number of anilines is 1. The number of benzene rings is 1. The lowest BCUT2D eigenvalue weighted by Gasteiger charge is -2.12. The third kappa shape index (κ3) is 2.40. The van der Waals surface area contributed by atoms with E-state index in [9.17, 15) is 14.9 Å². The number of nitrogens with two attached hydrogens (primary N) is 1. The Morgan fingerprint density at radius 1 is 1.56 bits per heavy atom. The second-order valence-electron chi connectivity index (χ2n) is 4.16. The average molecular weight is 250 g/mol. The Morgan fingerprint density at radius 3 is 2.94 bits per heavy atom. The molecule has 1 aliphatic heterocycles. The van der Waals surface area contributed by atoms with E-state index in [0.717, 1.165) is 13.0 Å². The topological polar surface area (TPSA) is 110 Å². The van der Waals surface area contributed by atoms with E-state index in [2.05, 4.69) is 10.6 Å². The van der Waals surface area contributed by atoms with Crippen LogP contribution in [0.5, 0.6) is 0 Å². The van der Waals surface area contributed by atoms with E-state index in [1.165, 1.54) is 18.2 Å². The molecule has 1 atom stereocenters. The van der Waals surface area contributed by atoms with Gasteiger partial charge in [-0.3, -0.25) is 14.9 Å². The van der Waals surface area contributed by atoms with Crippen LogP contribution in [0.2, 0.25) is 0 Å². The normalized spacial score (nSPS) is 18.6. The summed E-state index contributed by atoms with van der Waals surface area (Å²) in [4.78, 5) is 22.1. The maximum Gasteiger partial charge on any atom is 0.292 e. The molecule has 1 amide bonds. The van der Waals surface area contributed by atoms with Crippen LogP contribution in [0.25, 0.3) is 0 Å². The van der Waals surface area contributed by atoms with E-state index in [1.807, 2.05) is 0 Å². The Morgan fingerprint density at radius 2 is 2.33 bits per heavy atom. The molecule has 4 N–H and O–H groups in total. The van der Waals surface area contributed by atoms with Crippen LogP contribution in [0.1, 0.15) is 16.8 Å². The lowest BCUT2D eigenvalue weighted by molar-refractivity contribution is -0.383. The molecule has 7 heteroatoms. The van der Waals surface area contributed by atoms with Crippen molar-refractivity contribution < 1.29 is 9.72 Å². The van der Waals surface area contributed by atoms with Gasteiger partial charge >= 0.3 is 0 Å². The van der Waals surface area contributed by atoms with Gasteiger partial charge < -0.3 is 16.4 Å². The zero-order valence-electron chi connectivity index (χ0n) is 9.68. The van der Waals surface area contributed by atoms with Crippen molar-refractivity contribution in [1.82, 2.24) is 10.6 Å².